The van der Waals surface area contributed by atoms with Crippen molar-refractivity contribution in [2.24, 2.45) is 0 Å². The molecule has 23 heavy (non-hydrogen) atoms. The van der Waals surface area contributed by atoms with Crippen molar-refractivity contribution in [1.29, 1.82) is 0 Å². The van der Waals surface area contributed by atoms with Crippen LogP contribution in [-0.4, -0.2) is 22.4 Å². The van der Waals surface area contributed by atoms with Gasteiger partial charge in [0.05, 0.1) is 30.7 Å². The molecule has 0 unspecified atom stereocenters. The number of hydrogen-bond donors (Lipinski definition) is 1. The Morgan fingerprint density at radius 2 is 1.78 bits per heavy atom. The lowest BCUT2D eigenvalue weighted by atomic mass is 10.0. The van der Waals surface area contributed by atoms with Gasteiger partial charge in [-0.2, -0.15) is 18.3 Å². The second-order valence-electron chi connectivity index (χ2n) is 4.44. The Morgan fingerprint density at radius 1 is 1.13 bits per heavy atom. The van der Waals surface area contributed by atoms with Crippen LogP contribution in [0, 0.1) is 6.92 Å². The number of alkyl halides is 3. The summed E-state index contributed by atoms with van der Waals surface area (Å²) in [6, 6.07) is 4.83. The van der Waals surface area contributed by atoms with Gasteiger partial charge in [-0.3, -0.25) is 0 Å². The third-order valence-electron chi connectivity index (χ3n) is 2.98. The quantitative estimate of drug-likeness (QED) is 0.925. The van der Waals surface area contributed by atoms with Crippen molar-refractivity contribution in [3.05, 3.63) is 41.1 Å². The molecule has 1 aromatic carbocycles. The van der Waals surface area contributed by atoms with E-state index in [1.54, 1.807) is 13.0 Å². The zero-order valence-electron chi connectivity index (χ0n) is 13.4. The maximum Gasteiger partial charge on any atom is 0.416 e. The maximum atomic E-state index is 12.7. The minimum absolute atomic E-state index is 0.0685. The number of aryl methyl sites for hydroxylation is 1. The third-order valence-corrected chi connectivity index (χ3v) is 2.98. The summed E-state index contributed by atoms with van der Waals surface area (Å²) in [7, 11) is 1.30. The first-order valence-corrected chi connectivity index (χ1v) is 7.06. The van der Waals surface area contributed by atoms with Gasteiger partial charge in [0, 0.05) is 5.56 Å². The standard InChI is InChI=1S/C14H13F3N2O2.C2H6/c1-8-5-10(7-20)18-19-13(8)11-4-3-9(14(15,16)17)6-12(11)21-2;1-2/h3-6,20H,7H2,1-2H3;1-2H3. The second-order valence-corrected chi connectivity index (χ2v) is 4.44. The molecule has 7 heteroatoms. The van der Waals surface area contributed by atoms with Gasteiger partial charge in [0.15, 0.2) is 0 Å². The SMILES string of the molecule is CC.COc1cc(C(F)(F)F)ccc1-c1nnc(CO)cc1C. The smallest absolute Gasteiger partial charge is 0.416 e. The number of aliphatic hydroxyl groups is 1. The molecule has 2 rings (SSSR count). The number of aromatic nitrogens is 2. The highest BCUT2D eigenvalue weighted by molar-refractivity contribution is 5.70. The molecule has 0 aliphatic carbocycles. The van der Waals surface area contributed by atoms with Gasteiger partial charge in [-0.05, 0) is 36.8 Å². The van der Waals surface area contributed by atoms with Gasteiger partial charge in [0.1, 0.15) is 5.75 Å². The van der Waals surface area contributed by atoms with Crippen molar-refractivity contribution in [2.45, 2.75) is 33.6 Å². The van der Waals surface area contributed by atoms with Crippen LogP contribution in [0.25, 0.3) is 11.3 Å². The summed E-state index contributed by atoms with van der Waals surface area (Å²) in [5, 5.41) is 16.7. The van der Waals surface area contributed by atoms with E-state index in [0.717, 1.165) is 12.1 Å². The van der Waals surface area contributed by atoms with E-state index in [1.807, 2.05) is 13.8 Å². The third kappa shape index (κ3) is 4.41. The Bertz CT molecular complexity index is 658. The minimum Gasteiger partial charge on any atom is -0.496 e. The van der Waals surface area contributed by atoms with E-state index >= 15 is 0 Å². The molecule has 1 aromatic heterocycles. The fraction of sp³-hybridized carbons (Fsp3) is 0.375. The van der Waals surface area contributed by atoms with Gasteiger partial charge in [0.2, 0.25) is 0 Å². The van der Waals surface area contributed by atoms with Gasteiger partial charge in [-0.25, -0.2) is 0 Å². The van der Waals surface area contributed by atoms with E-state index in [9.17, 15) is 13.2 Å². The number of halogens is 3. The van der Waals surface area contributed by atoms with E-state index in [2.05, 4.69) is 10.2 Å². The fourth-order valence-electron chi connectivity index (χ4n) is 1.95. The van der Waals surface area contributed by atoms with Gasteiger partial charge in [-0.15, -0.1) is 5.10 Å². The second kappa shape index (κ2) is 7.92. The van der Waals surface area contributed by atoms with Crippen LogP contribution < -0.4 is 4.74 Å². The van der Waals surface area contributed by atoms with Gasteiger partial charge < -0.3 is 9.84 Å². The van der Waals surface area contributed by atoms with Crippen LogP contribution in [0.2, 0.25) is 0 Å². The Morgan fingerprint density at radius 3 is 2.26 bits per heavy atom. The van der Waals surface area contributed by atoms with Crippen molar-refractivity contribution in [2.75, 3.05) is 7.11 Å². The number of aliphatic hydroxyl groups excluding tert-OH is 1. The van der Waals surface area contributed by atoms with Crippen LogP contribution in [-0.2, 0) is 12.8 Å². The molecule has 0 amide bonds. The number of nitrogens with zero attached hydrogens (tertiary/aromatic N) is 2. The predicted octanol–water partition coefficient (Wildman–Crippen LogP) is 4.00. The average molecular weight is 328 g/mol. The molecule has 2 aromatic rings. The normalized spacial score (nSPS) is 10.8. The van der Waals surface area contributed by atoms with E-state index in [4.69, 9.17) is 9.84 Å². The number of ether oxygens (including phenoxy) is 1. The molecule has 1 N–H and O–H groups in total. The monoisotopic (exact) mass is 328 g/mol. The lowest BCUT2D eigenvalue weighted by Crippen LogP contribution is -2.06. The zero-order valence-corrected chi connectivity index (χ0v) is 13.4. The Kier molecular flexibility index (Phi) is 6.50. The Balaban J connectivity index is 0.00000127. The fourth-order valence-corrected chi connectivity index (χ4v) is 1.95. The summed E-state index contributed by atoms with van der Waals surface area (Å²) < 4.78 is 43.1. The van der Waals surface area contributed by atoms with Crippen LogP contribution in [0.5, 0.6) is 5.75 Å². The summed E-state index contributed by atoms with van der Waals surface area (Å²) in [5.41, 5.74) is 1.12. The van der Waals surface area contributed by atoms with Crippen molar-refractivity contribution >= 4 is 0 Å². The molecule has 0 bridgehead atoms. The van der Waals surface area contributed by atoms with Crippen molar-refractivity contribution in [1.82, 2.24) is 10.2 Å². The maximum absolute atomic E-state index is 12.7. The highest BCUT2D eigenvalue weighted by atomic mass is 19.4. The summed E-state index contributed by atoms with van der Waals surface area (Å²) in [6.45, 7) is 5.48. The molecule has 0 aliphatic rings. The molecular weight excluding hydrogens is 309 g/mol. The molecule has 4 nitrogen and oxygen atoms in total. The number of rotatable bonds is 3. The molecule has 0 spiro atoms. The molecule has 0 fully saturated rings. The average Bonchev–Trinajstić information content (AvgIpc) is 2.55. The van der Waals surface area contributed by atoms with Crippen molar-refractivity contribution in [3.63, 3.8) is 0 Å². The lowest BCUT2D eigenvalue weighted by molar-refractivity contribution is -0.137. The number of hydrogen-bond acceptors (Lipinski definition) is 4. The van der Waals surface area contributed by atoms with Crippen molar-refractivity contribution in [3.8, 4) is 17.0 Å². The first-order chi connectivity index (χ1) is 10.9. The molecule has 0 atom stereocenters. The van der Waals surface area contributed by atoms with E-state index in [-0.39, 0.29) is 12.4 Å². The number of methoxy groups -OCH3 is 1. The minimum atomic E-state index is -4.44. The highest BCUT2D eigenvalue weighted by Gasteiger charge is 2.31. The van der Waals surface area contributed by atoms with E-state index < -0.39 is 11.7 Å². The largest absolute Gasteiger partial charge is 0.496 e. The first-order valence-electron chi connectivity index (χ1n) is 7.06. The van der Waals surface area contributed by atoms with Crippen molar-refractivity contribution < 1.29 is 23.0 Å². The van der Waals surface area contributed by atoms with E-state index in [1.165, 1.54) is 13.2 Å². The summed E-state index contributed by atoms with van der Waals surface area (Å²) in [5.74, 6) is 0.0685. The van der Waals surface area contributed by atoms with Gasteiger partial charge in [-0.1, -0.05) is 13.8 Å². The molecular formula is C16H19F3N2O2. The summed E-state index contributed by atoms with van der Waals surface area (Å²) in [6.07, 6.45) is -4.44. The molecule has 0 saturated heterocycles. The van der Waals surface area contributed by atoms with E-state index in [0.29, 0.717) is 22.5 Å². The molecule has 126 valence electrons. The van der Waals surface area contributed by atoms with Crippen LogP contribution in [0.3, 0.4) is 0 Å². The zero-order chi connectivity index (χ0) is 17.6. The molecule has 0 aliphatic heterocycles. The van der Waals surface area contributed by atoms with Gasteiger partial charge in [0.25, 0.3) is 0 Å². The molecule has 0 radical (unpaired) electrons. The Hall–Kier alpha value is -2.15. The van der Waals surface area contributed by atoms with Crippen LogP contribution in [0.1, 0.15) is 30.7 Å². The van der Waals surface area contributed by atoms with Crippen LogP contribution in [0.15, 0.2) is 24.3 Å². The number of benzene rings is 1. The first kappa shape index (κ1) is 18.9. The lowest BCUT2D eigenvalue weighted by Gasteiger charge is -2.13. The topological polar surface area (TPSA) is 55.2 Å². The molecule has 1 heterocycles. The summed E-state index contributed by atoms with van der Waals surface area (Å²) >= 11 is 0. The van der Waals surface area contributed by atoms with Gasteiger partial charge >= 0.3 is 6.18 Å². The molecule has 0 saturated carbocycles. The predicted molar refractivity (Wildman–Crippen MR) is 81.0 cm³/mol. The Labute approximate surface area is 132 Å². The summed E-state index contributed by atoms with van der Waals surface area (Å²) in [4.78, 5) is 0. The highest BCUT2D eigenvalue weighted by Crippen LogP contribution is 2.37. The van der Waals surface area contributed by atoms with Crippen LogP contribution in [0.4, 0.5) is 13.2 Å². The van der Waals surface area contributed by atoms with Crippen LogP contribution >= 0.6 is 0 Å².